The SMILES string of the molecule is C[C@H](CCC(=O)OCCC(=O)OCC(F)C(F)(F)S(=O)(=O)O)[C@H]1CC[C@H]2[C@@H]3CC[C@@H]4C[C@H](O)CC[C@]4(C)[C@H]3C[C@H](O)[C@]12C. The molecule has 0 bridgehead atoms. The standard InChI is InChI=1S/C30H47F3O9S/c1-17(4-9-26(36)41-13-11-27(37)42-16-24(31)30(32,33)43(38,39)40)21-7-8-22-20-6-5-18-14-19(34)10-12-28(18,2)23(20)15-25(35)29(21,22)3/h17-25,34-35H,4-16H2,1-3H3,(H,38,39,40)/t17-,18-,19-,20+,21-,22+,23+,24?,25+,28+,29-/m1/s1. The van der Waals surface area contributed by atoms with Gasteiger partial charge in [0.05, 0.1) is 18.6 Å². The lowest BCUT2D eigenvalue weighted by molar-refractivity contribution is -0.175. The fourth-order valence-corrected chi connectivity index (χ4v) is 9.92. The summed E-state index contributed by atoms with van der Waals surface area (Å²) in [7, 11) is -6.02. The van der Waals surface area contributed by atoms with E-state index in [4.69, 9.17) is 9.29 Å². The molecule has 0 saturated heterocycles. The predicted octanol–water partition coefficient (Wildman–Crippen LogP) is 4.69. The van der Waals surface area contributed by atoms with Gasteiger partial charge in [-0.3, -0.25) is 14.1 Å². The third-order valence-electron chi connectivity index (χ3n) is 12.0. The minimum atomic E-state index is -6.02. The first kappa shape index (κ1) is 34.4. The summed E-state index contributed by atoms with van der Waals surface area (Å²) in [4.78, 5) is 24.1. The molecule has 43 heavy (non-hydrogen) atoms. The Labute approximate surface area is 252 Å². The maximum absolute atomic E-state index is 13.4. The number of halogens is 3. The van der Waals surface area contributed by atoms with E-state index in [0.29, 0.717) is 30.1 Å². The van der Waals surface area contributed by atoms with Crippen molar-refractivity contribution in [3.05, 3.63) is 0 Å². The number of aliphatic hydroxyl groups is 2. The number of ether oxygens (including phenoxy) is 2. The number of fused-ring (bicyclic) bond motifs is 5. The summed E-state index contributed by atoms with van der Waals surface area (Å²) in [5.74, 6) is 0.584. The molecule has 4 saturated carbocycles. The van der Waals surface area contributed by atoms with Gasteiger partial charge in [-0.2, -0.15) is 17.2 Å². The molecule has 0 aromatic carbocycles. The topological polar surface area (TPSA) is 147 Å². The number of carbonyl (C=O) groups is 2. The molecule has 11 atom stereocenters. The molecule has 13 heteroatoms. The summed E-state index contributed by atoms with van der Waals surface area (Å²) in [6, 6.07) is 0. The molecule has 4 aliphatic carbocycles. The van der Waals surface area contributed by atoms with E-state index in [9.17, 15) is 41.4 Å². The van der Waals surface area contributed by atoms with Crippen LogP contribution < -0.4 is 0 Å². The lowest BCUT2D eigenvalue weighted by Crippen LogP contribution is -2.58. The van der Waals surface area contributed by atoms with E-state index in [1.54, 1.807) is 0 Å². The molecule has 0 spiro atoms. The molecule has 0 aliphatic heterocycles. The van der Waals surface area contributed by atoms with Crippen LogP contribution in [0.3, 0.4) is 0 Å². The highest BCUT2D eigenvalue weighted by Crippen LogP contribution is 2.68. The van der Waals surface area contributed by atoms with Gasteiger partial charge in [-0.25, -0.2) is 4.39 Å². The molecule has 0 aromatic rings. The fourth-order valence-electron chi connectivity index (χ4n) is 9.52. The summed E-state index contributed by atoms with van der Waals surface area (Å²) in [5, 5.41) is 16.8. The van der Waals surface area contributed by atoms with Crippen LogP contribution in [-0.2, 0) is 29.2 Å². The second kappa shape index (κ2) is 12.7. The van der Waals surface area contributed by atoms with Crippen LogP contribution in [0.1, 0.15) is 91.4 Å². The average molecular weight is 641 g/mol. The van der Waals surface area contributed by atoms with Crippen LogP contribution in [0.5, 0.6) is 0 Å². The Bertz CT molecular complexity index is 1140. The quantitative estimate of drug-likeness (QED) is 0.216. The number of hydrogen-bond acceptors (Lipinski definition) is 8. The van der Waals surface area contributed by atoms with Crippen LogP contribution in [0.15, 0.2) is 0 Å². The summed E-state index contributed by atoms with van der Waals surface area (Å²) < 4.78 is 78.7. The summed E-state index contributed by atoms with van der Waals surface area (Å²) in [5.41, 5.74) is -0.0881. The van der Waals surface area contributed by atoms with Crippen molar-refractivity contribution in [2.45, 2.75) is 115 Å². The molecule has 0 aromatic heterocycles. The van der Waals surface area contributed by atoms with E-state index in [-0.39, 0.29) is 35.2 Å². The Kier molecular flexibility index (Phi) is 10.2. The third kappa shape index (κ3) is 6.60. The average Bonchev–Trinajstić information content (AvgIpc) is 3.29. The monoisotopic (exact) mass is 640 g/mol. The molecule has 1 unspecified atom stereocenters. The Hall–Kier alpha value is -1.44. The zero-order chi connectivity index (χ0) is 32.0. The number of aliphatic hydroxyl groups excluding tert-OH is 2. The second-order valence-electron chi connectivity index (χ2n) is 14.1. The van der Waals surface area contributed by atoms with E-state index in [1.807, 2.05) is 0 Å². The van der Waals surface area contributed by atoms with E-state index >= 15 is 0 Å². The lowest BCUT2D eigenvalue weighted by Gasteiger charge is -2.62. The van der Waals surface area contributed by atoms with Gasteiger partial charge in [-0.15, -0.1) is 0 Å². The first-order chi connectivity index (χ1) is 19.9. The van der Waals surface area contributed by atoms with Gasteiger partial charge in [-0.1, -0.05) is 20.8 Å². The van der Waals surface area contributed by atoms with Crippen molar-refractivity contribution in [2.24, 2.45) is 46.3 Å². The van der Waals surface area contributed by atoms with Crippen LogP contribution in [0.4, 0.5) is 13.2 Å². The normalized spacial score (nSPS) is 39.1. The molecule has 4 fully saturated rings. The van der Waals surface area contributed by atoms with Gasteiger partial charge in [0.25, 0.3) is 0 Å². The third-order valence-corrected chi connectivity index (χ3v) is 12.9. The van der Waals surface area contributed by atoms with Crippen LogP contribution in [0.25, 0.3) is 0 Å². The molecule has 9 nitrogen and oxygen atoms in total. The smallest absolute Gasteiger partial charge is 0.403 e. The van der Waals surface area contributed by atoms with Crippen molar-refractivity contribution < 1.29 is 55.4 Å². The first-order valence-electron chi connectivity index (χ1n) is 15.6. The highest BCUT2D eigenvalue weighted by Gasteiger charge is 2.63. The zero-order valence-electron chi connectivity index (χ0n) is 25.2. The van der Waals surface area contributed by atoms with E-state index in [1.165, 1.54) is 0 Å². The first-order valence-corrected chi connectivity index (χ1v) is 17.0. The van der Waals surface area contributed by atoms with Gasteiger partial charge in [0.15, 0.2) is 0 Å². The molecule has 3 N–H and O–H groups in total. The molecule has 0 amide bonds. The summed E-state index contributed by atoms with van der Waals surface area (Å²) in [6.45, 7) is 4.70. The van der Waals surface area contributed by atoms with Gasteiger partial charge in [-0.05, 0) is 104 Å². The van der Waals surface area contributed by atoms with Crippen molar-refractivity contribution in [1.29, 1.82) is 0 Å². The van der Waals surface area contributed by atoms with Crippen molar-refractivity contribution in [3.8, 4) is 0 Å². The molecule has 248 valence electrons. The zero-order valence-corrected chi connectivity index (χ0v) is 26.0. The van der Waals surface area contributed by atoms with Crippen LogP contribution >= 0.6 is 0 Å². The Balaban J connectivity index is 1.24. The predicted molar refractivity (Wildman–Crippen MR) is 149 cm³/mol. The van der Waals surface area contributed by atoms with Crippen LogP contribution in [-0.4, -0.2) is 72.0 Å². The largest absolute Gasteiger partial charge is 0.465 e. The number of alkyl halides is 3. The van der Waals surface area contributed by atoms with Gasteiger partial charge >= 0.3 is 27.3 Å². The van der Waals surface area contributed by atoms with E-state index in [2.05, 4.69) is 25.5 Å². The van der Waals surface area contributed by atoms with Gasteiger partial charge in [0, 0.05) is 6.42 Å². The Morgan fingerprint density at radius 3 is 2.33 bits per heavy atom. The van der Waals surface area contributed by atoms with Crippen LogP contribution in [0, 0.1) is 46.3 Å². The minimum Gasteiger partial charge on any atom is -0.465 e. The lowest BCUT2D eigenvalue weighted by atomic mass is 9.43. The van der Waals surface area contributed by atoms with Crippen molar-refractivity contribution in [3.63, 3.8) is 0 Å². The summed E-state index contributed by atoms with van der Waals surface area (Å²) >= 11 is 0. The Morgan fingerprint density at radius 1 is 0.977 bits per heavy atom. The fraction of sp³-hybridized carbons (Fsp3) is 0.933. The number of esters is 2. The molecule has 4 rings (SSSR count). The number of hydrogen-bond donors (Lipinski definition) is 3. The number of rotatable bonds is 11. The Morgan fingerprint density at radius 2 is 1.65 bits per heavy atom. The summed E-state index contributed by atoms with van der Waals surface area (Å²) in [6.07, 6.45) is 3.75. The van der Waals surface area contributed by atoms with Gasteiger partial charge in [0.2, 0.25) is 6.17 Å². The molecule has 0 radical (unpaired) electrons. The maximum atomic E-state index is 13.4. The van der Waals surface area contributed by atoms with E-state index in [0.717, 1.165) is 51.4 Å². The maximum Gasteiger partial charge on any atom is 0.403 e. The van der Waals surface area contributed by atoms with Gasteiger partial charge < -0.3 is 19.7 Å². The van der Waals surface area contributed by atoms with Crippen molar-refractivity contribution in [2.75, 3.05) is 13.2 Å². The highest BCUT2D eigenvalue weighted by molar-refractivity contribution is 7.86. The van der Waals surface area contributed by atoms with Crippen LogP contribution in [0.2, 0.25) is 0 Å². The molecular weight excluding hydrogens is 593 g/mol. The number of carbonyl (C=O) groups excluding carboxylic acids is 2. The van der Waals surface area contributed by atoms with Gasteiger partial charge in [0.1, 0.15) is 13.2 Å². The second-order valence-corrected chi connectivity index (χ2v) is 15.6. The van der Waals surface area contributed by atoms with Crippen molar-refractivity contribution in [1.82, 2.24) is 0 Å². The minimum absolute atomic E-state index is 0.0881. The highest BCUT2D eigenvalue weighted by atomic mass is 32.2. The van der Waals surface area contributed by atoms with E-state index < -0.39 is 59.2 Å². The molecular formula is C30H47F3O9S. The molecule has 4 aliphatic rings. The molecule has 0 heterocycles. The van der Waals surface area contributed by atoms with Crippen molar-refractivity contribution >= 4 is 22.1 Å².